The largest absolute Gasteiger partial charge is 0.439 e. The van der Waals surface area contributed by atoms with Crippen LogP contribution in [0, 0.1) is 0 Å². The van der Waals surface area contributed by atoms with E-state index in [1.54, 1.807) is 6.08 Å². The van der Waals surface area contributed by atoms with E-state index in [0.717, 1.165) is 12.1 Å². The number of nitrogens with zero attached hydrogens (tertiary/aromatic N) is 2. The predicted octanol–water partition coefficient (Wildman–Crippen LogP) is 1.77. The first-order valence-electron chi connectivity index (χ1n) is 6.17. The molecule has 114 valence electrons. The van der Waals surface area contributed by atoms with Gasteiger partial charge in [-0.25, -0.2) is 4.79 Å². The summed E-state index contributed by atoms with van der Waals surface area (Å²) in [5, 5.41) is 6.46. The molecular formula is C13H9F3N4O2. The second-order valence-corrected chi connectivity index (χ2v) is 4.46. The molecule has 2 heterocycles. The SMILES string of the molecule is O=c1[nH]c(C2=NCNC(c3ccc(C(F)(F)F)cc3)=C2)no1. The third kappa shape index (κ3) is 2.78. The molecule has 0 unspecified atom stereocenters. The molecule has 3 rings (SSSR count). The normalized spacial score (nSPS) is 15.0. The van der Waals surface area contributed by atoms with Crippen LogP contribution in [0.3, 0.4) is 0 Å². The molecule has 0 fully saturated rings. The van der Waals surface area contributed by atoms with Crippen molar-refractivity contribution in [2.75, 3.05) is 6.67 Å². The number of allylic oxidation sites excluding steroid dienone is 1. The average molecular weight is 310 g/mol. The monoisotopic (exact) mass is 310 g/mol. The number of aliphatic imine (C=N–C) groups is 1. The van der Waals surface area contributed by atoms with Gasteiger partial charge in [0.05, 0.1) is 5.56 Å². The van der Waals surface area contributed by atoms with Crippen LogP contribution in [-0.2, 0) is 6.18 Å². The number of hydrogen-bond acceptors (Lipinski definition) is 5. The highest BCUT2D eigenvalue weighted by Crippen LogP contribution is 2.30. The minimum Gasteiger partial charge on any atom is -0.366 e. The second-order valence-electron chi connectivity index (χ2n) is 4.46. The highest BCUT2D eigenvalue weighted by atomic mass is 19.4. The minimum absolute atomic E-state index is 0.163. The minimum atomic E-state index is -4.38. The van der Waals surface area contributed by atoms with Gasteiger partial charge < -0.3 is 5.32 Å². The zero-order valence-corrected chi connectivity index (χ0v) is 10.9. The van der Waals surface area contributed by atoms with Gasteiger partial charge in [-0.3, -0.25) is 14.5 Å². The van der Waals surface area contributed by atoms with Crippen molar-refractivity contribution in [3.05, 3.63) is 57.8 Å². The summed E-state index contributed by atoms with van der Waals surface area (Å²) >= 11 is 0. The molecule has 0 amide bonds. The Labute approximate surface area is 121 Å². The van der Waals surface area contributed by atoms with Crippen molar-refractivity contribution < 1.29 is 17.7 Å². The smallest absolute Gasteiger partial charge is 0.366 e. The molecule has 2 aromatic rings. The van der Waals surface area contributed by atoms with E-state index >= 15 is 0 Å². The molecule has 1 aliphatic heterocycles. The molecule has 0 atom stereocenters. The number of nitrogens with one attached hydrogen (secondary N) is 2. The molecule has 6 nitrogen and oxygen atoms in total. The zero-order valence-electron chi connectivity index (χ0n) is 10.9. The Kier molecular flexibility index (Phi) is 3.32. The summed E-state index contributed by atoms with van der Waals surface area (Å²) in [6.07, 6.45) is -2.81. The summed E-state index contributed by atoms with van der Waals surface area (Å²) in [5.41, 5.74) is 0.788. The third-order valence-corrected chi connectivity index (χ3v) is 3.01. The fourth-order valence-corrected chi connectivity index (χ4v) is 1.95. The van der Waals surface area contributed by atoms with Crippen LogP contribution >= 0.6 is 0 Å². The molecule has 0 spiro atoms. The summed E-state index contributed by atoms with van der Waals surface area (Å²) in [5.74, 6) is -0.545. The van der Waals surface area contributed by atoms with E-state index in [0.29, 0.717) is 17.0 Å². The van der Waals surface area contributed by atoms with E-state index in [9.17, 15) is 18.0 Å². The number of aromatic amines is 1. The first-order chi connectivity index (χ1) is 10.4. The van der Waals surface area contributed by atoms with Gasteiger partial charge in [-0.2, -0.15) is 13.2 Å². The van der Waals surface area contributed by atoms with E-state index in [-0.39, 0.29) is 12.5 Å². The lowest BCUT2D eigenvalue weighted by Crippen LogP contribution is -2.21. The lowest BCUT2D eigenvalue weighted by Gasteiger charge is -2.15. The molecular weight excluding hydrogens is 301 g/mol. The predicted molar refractivity (Wildman–Crippen MR) is 71.1 cm³/mol. The van der Waals surface area contributed by atoms with E-state index in [1.807, 2.05) is 0 Å². The fourth-order valence-electron chi connectivity index (χ4n) is 1.95. The van der Waals surface area contributed by atoms with Crippen LogP contribution in [0.4, 0.5) is 13.2 Å². The summed E-state index contributed by atoms with van der Waals surface area (Å²) in [7, 11) is 0. The van der Waals surface area contributed by atoms with Gasteiger partial charge in [-0.15, -0.1) is 0 Å². The Bertz CT molecular complexity index is 800. The van der Waals surface area contributed by atoms with Gasteiger partial charge in [0.15, 0.2) is 0 Å². The van der Waals surface area contributed by atoms with Gasteiger partial charge in [0.1, 0.15) is 12.4 Å². The van der Waals surface area contributed by atoms with Gasteiger partial charge in [0.2, 0.25) is 5.82 Å². The maximum absolute atomic E-state index is 12.5. The van der Waals surface area contributed by atoms with Crippen molar-refractivity contribution in [3.63, 3.8) is 0 Å². The molecule has 0 radical (unpaired) electrons. The Morgan fingerprint density at radius 2 is 1.91 bits per heavy atom. The molecule has 1 aromatic carbocycles. The maximum atomic E-state index is 12.5. The lowest BCUT2D eigenvalue weighted by atomic mass is 10.1. The molecule has 0 aliphatic carbocycles. The number of H-pyrrole nitrogens is 1. The van der Waals surface area contributed by atoms with Gasteiger partial charge in [-0.05, 0) is 23.8 Å². The van der Waals surface area contributed by atoms with E-state index in [1.165, 1.54) is 12.1 Å². The molecule has 9 heteroatoms. The van der Waals surface area contributed by atoms with E-state index < -0.39 is 17.5 Å². The molecule has 0 saturated heterocycles. The lowest BCUT2D eigenvalue weighted by molar-refractivity contribution is -0.137. The van der Waals surface area contributed by atoms with Gasteiger partial charge >= 0.3 is 11.9 Å². The van der Waals surface area contributed by atoms with Crippen molar-refractivity contribution in [3.8, 4) is 0 Å². The number of benzene rings is 1. The van der Waals surface area contributed by atoms with Crippen LogP contribution < -0.4 is 11.1 Å². The first-order valence-corrected chi connectivity index (χ1v) is 6.17. The Balaban J connectivity index is 1.90. The molecule has 0 bridgehead atoms. The van der Waals surface area contributed by atoms with Crippen molar-refractivity contribution in [1.29, 1.82) is 0 Å². The summed E-state index contributed by atoms with van der Waals surface area (Å²) in [6.45, 7) is 0.205. The zero-order chi connectivity index (χ0) is 15.7. The van der Waals surface area contributed by atoms with Crippen LogP contribution in [0.2, 0.25) is 0 Å². The number of aromatic nitrogens is 2. The number of halogens is 3. The van der Waals surface area contributed by atoms with E-state index in [4.69, 9.17) is 0 Å². The standard InChI is InChI=1S/C13H9F3N4O2/c14-13(15,16)8-3-1-7(2-4-8)9-5-10(18-6-17-9)11-19-12(21)22-20-11/h1-5,17H,6H2,(H,19,20,21). The van der Waals surface area contributed by atoms with Crippen LogP contribution in [0.5, 0.6) is 0 Å². The Hall–Kier alpha value is -2.84. The molecule has 0 saturated carbocycles. The highest BCUT2D eigenvalue weighted by molar-refractivity contribution is 6.10. The quantitative estimate of drug-likeness (QED) is 0.885. The number of rotatable bonds is 2. The second kappa shape index (κ2) is 5.17. The number of alkyl halides is 3. The van der Waals surface area contributed by atoms with Crippen LogP contribution in [-0.4, -0.2) is 22.5 Å². The van der Waals surface area contributed by atoms with E-state index in [2.05, 4.69) is 25.0 Å². The van der Waals surface area contributed by atoms with Crippen LogP contribution in [0.15, 0.2) is 44.7 Å². The average Bonchev–Trinajstić information content (AvgIpc) is 2.93. The van der Waals surface area contributed by atoms with Crippen LogP contribution in [0.1, 0.15) is 17.0 Å². The molecule has 1 aliphatic rings. The van der Waals surface area contributed by atoms with Gasteiger partial charge in [-0.1, -0.05) is 17.3 Å². The van der Waals surface area contributed by atoms with Crippen molar-refractivity contribution in [1.82, 2.24) is 15.5 Å². The third-order valence-electron chi connectivity index (χ3n) is 3.01. The summed E-state index contributed by atoms with van der Waals surface area (Å²) in [4.78, 5) is 17.4. The Morgan fingerprint density at radius 3 is 2.50 bits per heavy atom. The maximum Gasteiger partial charge on any atom is 0.439 e. The van der Waals surface area contributed by atoms with Crippen molar-refractivity contribution in [2.24, 2.45) is 4.99 Å². The topological polar surface area (TPSA) is 83.3 Å². The first kappa shape index (κ1) is 14.1. The highest BCUT2D eigenvalue weighted by Gasteiger charge is 2.30. The fraction of sp³-hybridized carbons (Fsp3) is 0.154. The summed E-state index contributed by atoms with van der Waals surface area (Å²) in [6, 6.07) is 4.72. The van der Waals surface area contributed by atoms with Crippen molar-refractivity contribution in [2.45, 2.75) is 6.18 Å². The van der Waals surface area contributed by atoms with Gasteiger partial charge in [0, 0.05) is 5.70 Å². The number of hydrogen-bond donors (Lipinski definition) is 2. The molecule has 22 heavy (non-hydrogen) atoms. The van der Waals surface area contributed by atoms with Crippen molar-refractivity contribution >= 4 is 11.4 Å². The Morgan fingerprint density at radius 1 is 1.18 bits per heavy atom. The van der Waals surface area contributed by atoms with Gasteiger partial charge in [0.25, 0.3) is 0 Å². The molecule has 1 aromatic heterocycles. The summed E-state index contributed by atoms with van der Waals surface area (Å²) < 4.78 is 42.0. The van der Waals surface area contributed by atoms with Crippen LogP contribution in [0.25, 0.3) is 5.70 Å². The molecule has 2 N–H and O–H groups in total.